The number of fused-ring (bicyclic) bond motifs is 2. The van der Waals surface area contributed by atoms with Gasteiger partial charge in [-0.05, 0) is 91.8 Å². The number of aromatic nitrogens is 1. The zero-order valence-corrected chi connectivity index (χ0v) is 24.6. The van der Waals surface area contributed by atoms with Gasteiger partial charge in [-0.3, -0.25) is 14.7 Å². The molecule has 1 saturated heterocycles. The van der Waals surface area contributed by atoms with Crippen molar-refractivity contribution in [2.24, 2.45) is 0 Å². The van der Waals surface area contributed by atoms with E-state index in [0.717, 1.165) is 73.5 Å². The molecular formula is C34H42N6O. The van der Waals surface area contributed by atoms with Crippen molar-refractivity contribution < 1.29 is 4.79 Å². The Bertz CT molecular complexity index is 1480. The van der Waals surface area contributed by atoms with Gasteiger partial charge < -0.3 is 20.9 Å². The predicted octanol–water partition coefficient (Wildman–Crippen LogP) is 5.65. The first-order valence-electron chi connectivity index (χ1n) is 14.6. The third kappa shape index (κ3) is 6.80. The Morgan fingerprint density at radius 1 is 0.951 bits per heavy atom. The van der Waals surface area contributed by atoms with Gasteiger partial charge in [-0.2, -0.15) is 0 Å². The van der Waals surface area contributed by atoms with Crippen LogP contribution in [0.15, 0.2) is 66.7 Å². The number of nitrogen functional groups attached to an aromatic ring is 1. The molecule has 41 heavy (non-hydrogen) atoms. The zero-order valence-electron chi connectivity index (χ0n) is 24.6. The third-order valence-corrected chi connectivity index (χ3v) is 8.29. The second-order valence-corrected chi connectivity index (χ2v) is 11.3. The lowest BCUT2D eigenvalue weighted by Gasteiger charge is -2.36. The van der Waals surface area contributed by atoms with E-state index in [4.69, 9.17) is 5.73 Å². The summed E-state index contributed by atoms with van der Waals surface area (Å²) in [6, 6.07) is 23.3. The minimum atomic E-state index is 0.670. The standard InChI is InChI=1S/C20H27N3.C14H15N3O/c1-17-6-4-5-7-18(17)16-22-12-14-23(15-13-22)20-10-8-19(9-11-20)21(2)3;15-14-10-3-1-2-4-12(10)17-13-6-5-9(16-8-18)7-11(13)14/h4-11H,12-16H2,1-3H3;5-8H,1-4H2,(H2,15,17)(H,16,18). The van der Waals surface area contributed by atoms with Crippen molar-refractivity contribution in [1.29, 1.82) is 0 Å². The fourth-order valence-electron chi connectivity index (χ4n) is 5.77. The number of pyridine rings is 1. The Balaban J connectivity index is 0.000000169. The molecule has 0 spiro atoms. The summed E-state index contributed by atoms with van der Waals surface area (Å²) in [7, 11) is 4.17. The molecule has 0 radical (unpaired) electrons. The molecule has 1 aliphatic carbocycles. The Morgan fingerprint density at radius 2 is 1.68 bits per heavy atom. The largest absolute Gasteiger partial charge is 0.398 e. The number of piperazine rings is 1. The Labute approximate surface area is 244 Å². The Morgan fingerprint density at radius 3 is 2.39 bits per heavy atom. The van der Waals surface area contributed by atoms with Gasteiger partial charge in [0.1, 0.15) is 0 Å². The summed E-state index contributed by atoms with van der Waals surface area (Å²) in [6.45, 7) is 7.74. The van der Waals surface area contributed by atoms with Gasteiger partial charge in [0.25, 0.3) is 0 Å². The normalized spacial score (nSPS) is 15.0. The molecule has 1 aromatic heterocycles. The number of anilines is 4. The van der Waals surface area contributed by atoms with E-state index in [1.807, 2.05) is 18.2 Å². The summed E-state index contributed by atoms with van der Waals surface area (Å²) >= 11 is 0. The maximum Gasteiger partial charge on any atom is 0.211 e. The fraction of sp³-hybridized carbons (Fsp3) is 0.353. The molecule has 0 unspecified atom stereocenters. The van der Waals surface area contributed by atoms with Crippen molar-refractivity contribution in [2.75, 3.05) is 61.1 Å². The minimum Gasteiger partial charge on any atom is -0.398 e. The SMILES string of the molecule is Cc1ccccc1CN1CCN(c2ccc(N(C)C)cc2)CC1.Nc1c2c(nc3ccc(NC=O)cc13)CCCC2. The van der Waals surface area contributed by atoms with Crippen LogP contribution in [-0.4, -0.2) is 56.6 Å². The summed E-state index contributed by atoms with van der Waals surface area (Å²) in [6.07, 6.45) is 5.06. The lowest BCUT2D eigenvalue weighted by atomic mass is 9.93. The molecule has 3 aromatic carbocycles. The molecule has 1 fully saturated rings. The first-order chi connectivity index (χ1) is 19.9. The van der Waals surface area contributed by atoms with Crippen LogP contribution in [0.25, 0.3) is 10.9 Å². The number of nitrogens with two attached hydrogens (primary N) is 1. The molecule has 1 aliphatic heterocycles. The maximum absolute atomic E-state index is 10.5. The van der Waals surface area contributed by atoms with Crippen molar-refractivity contribution in [3.8, 4) is 0 Å². The van der Waals surface area contributed by atoms with Crippen LogP contribution in [0.1, 0.15) is 35.2 Å². The number of hydrogen-bond donors (Lipinski definition) is 2. The van der Waals surface area contributed by atoms with Crippen molar-refractivity contribution in [2.45, 2.75) is 39.2 Å². The number of benzene rings is 3. The van der Waals surface area contributed by atoms with E-state index in [0.29, 0.717) is 6.41 Å². The van der Waals surface area contributed by atoms with E-state index in [9.17, 15) is 4.79 Å². The Kier molecular flexibility index (Phi) is 9.04. The van der Waals surface area contributed by atoms with Crippen LogP contribution in [0.3, 0.4) is 0 Å². The molecule has 7 heteroatoms. The van der Waals surface area contributed by atoms with Crippen LogP contribution in [0.5, 0.6) is 0 Å². The molecule has 4 aromatic rings. The number of rotatable bonds is 6. The fourth-order valence-corrected chi connectivity index (χ4v) is 5.77. The lowest BCUT2D eigenvalue weighted by Crippen LogP contribution is -2.46. The molecule has 1 amide bonds. The molecule has 2 aliphatic rings. The summed E-state index contributed by atoms with van der Waals surface area (Å²) in [4.78, 5) is 22.4. The summed E-state index contributed by atoms with van der Waals surface area (Å²) in [5.41, 5.74) is 16.5. The summed E-state index contributed by atoms with van der Waals surface area (Å²) in [5, 5.41) is 3.58. The first-order valence-corrected chi connectivity index (χ1v) is 14.6. The molecule has 0 saturated carbocycles. The van der Waals surface area contributed by atoms with Crippen molar-refractivity contribution in [1.82, 2.24) is 9.88 Å². The quantitative estimate of drug-likeness (QED) is 0.302. The first kappa shape index (κ1) is 28.4. The maximum atomic E-state index is 10.5. The smallest absolute Gasteiger partial charge is 0.211 e. The van der Waals surface area contributed by atoms with Crippen LogP contribution in [-0.2, 0) is 24.2 Å². The third-order valence-electron chi connectivity index (χ3n) is 8.29. The van der Waals surface area contributed by atoms with Crippen LogP contribution in [0.2, 0.25) is 0 Å². The second kappa shape index (κ2) is 13.0. The lowest BCUT2D eigenvalue weighted by molar-refractivity contribution is -0.105. The van der Waals surface area contributed by atoms with Crippen LogP contribution in [0, 0.1) is 6.92 Å². The monoisotopic (exact) mass is 550 g/mol. The van der Waals surface area contributed by atoms with Crippen molar-refractivity contribution in [3.05, 3.63) is 89.1 Å². The predicted molar refractivity (Wildman–Crippen MR) is 172 cm³/mol. The highest BCUT2D eigenvalue weighted by atomic mass is 16.1. The number of hydrogen-bond acceptors (Lipinski definition) is 6. The summed E-state index contributed by atoms with van der Waals surface area (Å²) in [5.74, 6) is 0. The molecule has 0 atom stereocenters. The average molecular weight is 551 g/mol. The van der Waals surface area contributed by atoms with Gasteiger partial charge in [-0.15, -0.1) is 0 Å². The van der Waals surface area contributed by atoms with E-state index >= 15 is 0 Å². The highest BCUT2D eigenvalue weighted by Gasteiger charge is 2.18. The van der Waals surface area contributed by atoms with E-state index in [1.165, 1.54) is 40.9 Å². The number of nitrogens with zero attached hydrogens (tertiary/aromatic N) is 4. The number of carbonyl (C=O) groups is 1. The van der Waals surface area contributed by atoms with Gasteiger partial charge in [0.05, 0.1) is 5.52 Å². The molecule has 2 heterocycles. The van der Waals surface area contributed by atoms with Gasteiger partial charge in [0, 0.05) is 80.6 Å². The zero-order chi connectivity index (χ0) is 28.8. The van der Waals surface area contributed by atoms with E-state index in [2.05, 4.69) is 94.6 Å². The highest BCUT2D eigenvalue weighted by Crippen LogP contribution is 2.32. The molecule has 214 valence electrons. The van der Waals surface area contributed by atoms with Crippen LogP contribution < -0.4 is 20.9 Å². The molecule has 7 nitrogen and oxygen atoms in total. The topological polar surface area (TPSA) is 77.7 Å². The molecule has 3 N–H and O–H groups in total. The highest BCUT2D eigenvalue weighted by molar-refractivity contribution is 5.95. The minimum absolute atomic E-state index is 0.670. The number of aryl methyl sites for hydroxylation is 2. The van der Waals surface area contributed by atoms with Gasteiger partial charge in [-0.1, -0.05) is 24.3 Å². The van der Waals surface area contributed by atoms with E-state index < -0.39 is 0 Å². The second-order valence-electron chi connectivity index (χ2n) is 11.3. The Hall–Kier alpha value is -4.10. The van der Waals surface area contributed by atoms with Crippen LogP contribution in [0.4, 0.5) is 22.7 Å². The summed E-state index contributed by atoms with van der Waals surface area (Å²) < 4.78 is 0. The number of amides is 1. The van der Waals surface area contributed by atoms with Crippen molar-refractivity contribution >= 4 is 40.1 Å². The van der Waals surface area contributed by atoms with Gasteiger partial charge >= 0.3 is 0 Å². The molecule has 0 bridgehead atoms. The number of carbonyl (C=O) groups excluding carboxylic acids is 1. The van der Waals surface area contributed by atoms with E-state index in [1.54, 1.807) is 0 Å². The van der Waals surface area contributed by atoms with Gasteiger partial charge in [0.2, 0.25) is 6.41 Å². The van der Waals surface area contributed by atoms with Crippen LogP contribution >= 0.6 is 0 Å². The number of nitrogens with one attached hydrogen (secondary N) is 1. The molecular weight excluding hydrogens is 508 g/mol. The van der Waals surface area contributed by atoms with Crippen molar-refractivity contribution in [3.63, 3.8) is 0 Å². The van der Waals surface area contributed by atoms with Gasteiger partial charge in [0.15, 0.2) is 0 Å². The van der Waals surface area contributed by atoms with Gasteiger partial charge in [-0.25, -0.2) is 0 Å². The average Bonchev–Trinajstić information content (AvgIpc) is 3.00. The molecule has 6 rings (SSSR count). The van der Waals surface area contributed by atoms with E-state index in [-0.39, 0.29) is 0 Å².